The molecule has 15 heavy (non-hydrogen) atoms. The van der Waals surface area contributed by atoms with Crippen LogP contribution in [0.1, 0.15) is 46.0 Å². The first kappa shape index (κ1) is 12.5. The van der Waals surface area contributed by atoms with Crippen molar-refractivity contribution in [3.8, 4) is 0 Å². The Bertz CT molecular complexity index is 198. The molecule has 0 bridgehead atoms. The Labute approximate surface area is 93.0 Å². The second-order valence-corrected chi connectivity index (χ2v) is 4.65. The second kappa shape index (κ2) is 6.11. The predicted molar refractivity (Wildman–Crippen MR) is 62.5 cm³/mol. The molecule has 0 aromatic carbocycles. The Balaban J connectivity index is 2.49. The van der Waals surface area contributed by atoms with Gasteiger partial charge in [0.1, 0.15) is 0 Å². The number of carbonyl (C=O) groups is 1. The molecule has 0 aromatic rings. The van der Waals surface area contributed by atoms with Gasteiger partial charge in [-0.15, -0.1) is 0 Å². The van der Waals surface area contributed by atoms with Crippen LogP contribution in [0.2, 0.25) is 0 Å². The van der Waals surface area contributed by atoms with E-state index in [2.05, 4.69) is 13.8 Å². The van der Waals surface area contributed by atoms with Crippen LogP contribution >= 0.6 is 0 Å². The fourth-order valence-corrected chi connectivity index (χ4v) is 2.00. The number of amides is 1. The lowest BCUT2D eigenvalue weighted by Crippen LogP contribution is -2.47. The molecule has 88 valence electrons. The highest BCUT2D eigenvalue weighted by molar-refractivity contribution is 5.81. The Kier molecular flexibility index (Phi) is 5.09. The molecule has 0 aliphatic carbocycles. The maximum atomic E-state index is 12.1. The lowest BCUT2D eigenvalue weighted by atomic mass is 9.99. The Morgan fingerprint density at radius 1 is 1.27 bits per heavy atom. The minimum absolute atomic E-state index is 0.159. The summed E-state index contributed by atoms with van der Waals surface area (Å²) in [6.45, 7) is 5.95. The highest BCUT2D eigenvalue weighted by Gasteiger charge is 2.25. The number of rotatable bonds is 3. The standard InChI is InChI=1S/C12H24N2O/c1-3-10(2)11(13)12(15)14-8-6-4-5-7-9-14/h10-11H,3-9,13H2,1-2H3/t10-,11+/m0/s1. The summed E-state index contributed by atoms with van der Waals surface area (Å²) in [6, 6.07) is -0.298. The molecule has 0 aromatic heterocycles. The molecule has 1 aliphatic heterocycles. The van der Waals surface area contributed by atoms with Crippen LogP contribution in [0.15, 0.2) is 0 Å². The summed E-state index contributed by atoms with van der Waals surface area (Å²) in [7, 11) is 0. The van der Waals surface area contributed by atoms with Crippen LogP contribution in [0, 0.1) is 5.92 Å². The van der Waals surface area contributed by atoms with Gasteiger partial charge in [-0.3, -0.25) is 4.79 Å². The van der Waals surface area contributed by atoms with Crippen molar-refractivity contribution in [1.29, 1.82) is 0 Å². The van der Waals surface area contributed by atoms with Crippen molar-refractivity contribution < 1.29 is 4.79 Å². The molecule has 1 aliphatic rings. The summed E-state index contributed by atoms with van der Waals surface area (Å²) >= 11 is 0. The summed E-state index contributed by atoms with van der Waals surface area (Å²) in [5.74, 6) is 0.451. The van der Waals surface area contributed by atoms with E-state index >= 15 is 0 Å². The summed E-state index contributed by atoms with van der Waals surface area (Å²) in [4.78, 5) is 14.0. The number of nitrogens with two attached hydrogens (primary N) is 1. The molecule has 1 amide bonds. The van der Waals surface area contributed by atoms with Gasteiger partial charge < -0.3 is 10.6 Å². The van der Waals surface area contributed by atoms with Crippen molar-refractivity contribution in [2.45, 2.75) is 52.0 Å². The Morgan fingerprint density at radius 3 is 2.27 bits per heavy atom. The van der Waals surface area contributed by atoms with E-state index in [9.17, 15) is 4.79 Å². The lowest BCUT2D eigenvalue weighted by molar-refractivity contribution is -0.133. The third kappa shape index (κ3) is 3.49. The van der Waals surface area contributed by atoms with Crippen LogP contribution < -0.4 is 5.73 Å². The van der Waals surface area contributed by atoms with Crippen LogP contribution in [0.25, 0.3) is 0 Å². The monoisotopic (exact) mass is 212 g/mol. The van der Waals surface area contributed by atoms with Gasteiger partial charge in [0.25, 0.3) is 0 Å². The molecule has 2 N–H and O–H groups in total. The second-order valence-electron chi connectivity index (χ2n) is 4.65. The molecule has 0 spiro atoms. The number of hydrogen-bond donors (Lipinski definition) is 1. The fourth-order valence-electron chi connectivity index (χ4n) is 2.00. The summed E-state index contributed by atoms with van der Waals surface area (Å²) in [5.41, 5.74) is 5.96. The van der Waals surface area contributed by atoms with Gasteiger partial charge in [-0.05, 0) is 18.8 Å². The van der Waals surface area contributed by atoms with Gasteiger partial charge in [0.15, 0.2) is 0 Å². The van der Waals surface area contributed by atoms with Gasteiger partial charge >= 0.3 is 0 Å². The third-order valence-electron chi connectivity index (χ3n) is 3.46. The molecular weight excluding hydrogens is 188 g/mol. The van der Waals surface area contributed by atoms with E-state index in [0.29, 0.717) is 5.92 Å². The first-order valence-corrected chi connectivity index (χ1v) is 6.21. The Hall–Kier alpha value is -0.570. The van der Waals surface area contributed by atoms with E-state index in [4.69, 9.17) is 5.73 Å². The molecule has 3 nitrogen and oxygen atoms in total. The minimum atomic E-state index is -0.298. The third-order valence-corrected chi connectivity index (χ3v) is 3.46. The van der Waals surface area contributed by atoms with Crippen molar-refractivity contribution in [1.82, 2.24) is 4.90 Å². The van der Waals surface area contributed by atoms with E-state index < -0.39 is 0 Å². The number of nitrogens with zero attached hydrogens (tertiary/aromatic N) is 1. The molecule has 0 saturated carbocycles. The zero-order valence-electron chi connectivity index (χ0n) is 10.0. The summed E-state index contributed by atoms with van der Waals surface area (Å²) in [6.07, 6.45) is 5.75. The van der Waals surface area contributed by atoms with E-state index in [0.717, 1.165) is 32.4 Å². The first-order valence-electron chi connectivity index (χ1n) is 6.21. The average Bonchev–Trinajstić information content (AvgIpc) is 2.54. The van der Waals surface area contributed by atoms with E-state index in [1.807, 2.05) is 4.90 Å². The molecule has 2 atom stereocenters. The topological polar surface area (TPSA) is 46.3 Å². The van der Waals surface area contributed by atoms with Gasteiger partial charge in [-0.1, -0.05) is 33.1 Å². The minimum Gasteiger partial charge on any atom is -0.341 e. The van der Waals surface area contributed by atoms with Crippen molar-refractivity contribution in [3.05, 3.63) is 0 Å². The van der Waals surface area contributed by atoms with Crippen molar-refractivity contribution >= 4 is 5.91 Å². The van der Waals surface area contributed by atoms with Crippen molar-refractivity contribution in [3.63, 3.8) is 0 Å². The maximum Gasteiger partial charge on any atom is 0.239 e. The molecule has 1 heterocycles. The van der Waals surface area contributed by atoms with Crippen LogP contribution in [0.5, 0.6) is 0 Å². The van der Waals surface area contributed by atoms with E-state index in [-0.39, 0.29) is 11.9 Å². The van der Waals surface area contributed by atoms with Crippen molar-refractivity contribution in [2.24, 2.45) is 11.7 Å². The van der Waals surface area contributed by atoms with Crippen molar-refractivity contribution in [2.75, 3.05) is 13.1 Å². The lowest BCUT2D eigenvalue weighted by Gasteiger charge is -2.26. The molecule has 0 radical (unpaired) electrons. The first-order chi connectivity index (χ1) is 7.16. The molecule has 3 heteroatoms. The smallest absolute Gasteiger partial charge is 0.239 e. The van der Waals surface area contributed by atoms with Gasteiger partial charge in [0.2, 0.25) is 5.91 Å². The molecule has 1 fully saturated rings. The number of hydrogen-bond acceptors (Lipinski definition) is 2. The van der Waals surface area contributed by atoms with E-state index in [1.54, 1.807) is 0 Å². The Morgan fingerprint density at radius 2 is 1.80 bits per heavy atom. The SMILES string of the molecule is CC[C@H](C)[C@@H](N)C(=O)N1CCCCCC1. The van der Waals surface area contributed by atoms with Crippen LogP contribution in [0.4, 0.5) is 0 Å². The molecule has 0 unspecified atom stereocenters. The molecule has 1 saturated heterocycles. The highest BCUT2D eigenvalue weighted by Crippen LogP contribution is 2.13. The van der Waals surface area contributed by atoms with Crippen LogP contribution in [-0.2, 0) is 4.79 Å². The van der Waals surface area contributed by atoms with Gasteiger partial charge in [-0.2, -0.15) is 0 Å². The number of carbonyl (C=O) groups excluding carboxylic acids is 1. The average molecular weight is 212 g/mol. The maximum absolute atomic E-state index is 12.1. The van der Waals surface area contributed by atoms with Gasteiger partial charge in [-0.25, -0.2) is 0 Å². The zero-order valence-corrected chi connectivity index (χ0v) is 10.0. The van der Waals surface area contributed by atoms with Crippen LogP contribution in [0.3, 0.4) is 0 Å². The normalized spacial score (nSPS) is 21.9. The van der Waals surface area contributed by atoms with E-state index in [1.165, 1.54) is 12.8 Å². The van der Waals surface area contributed by atoms with Crippen LogP contribution in [-0.4, -0.2) is 29.9 Å². The largest absolute Gasteiger partial charge is 0.341 e. The summed E-state index contributed by atoms with van der Waals surface area (Å²) in [5, 5.41) is 0. The fraction of sp³-hybridized carbons (Fsp3) is 0.917. The molecular formula is C12H24N2O. The quantitative estimate of drug-likeness (QED) is 0.775. The number of likely N-dealkylation sites (tertiary alicyclic amines) is 1. The van der Waals surface area contributed by atoms with Gasteiger partial charge in [0, 0.05) is 13.1 Å². The molecule has 1 rings (SSSR count). The summed E-state index contributed by atoms with van der Waals surface area (Å²) < 4.78 is 0. The zero-order chi connectivity index (χ0) is 11.3. The van der Waals surface area contributed by atoms with Gasteiger partial charge in [0.05, 0.1) is 6.04 Å². The predicted octanol–water partition coefficient (Wildman–Crippen LogP) is 1.76. The highest BCUT2D eigenvalue weighted by atomic mass is 16.2.